The van der Waals surface area contributed by atoms with E-state index in [1.165, 1.54) is 0 Å². The predicted molar refractivity (Wildman–Crippen MR) is 80.5 cm³/mol. The number of hydrazine groups is 1. The van der Waals surface area contributed by atoms with Crippen LogP contribution in [0.1, 0.15) is 5.56 Å². The Hall–Kier alpha value is -2.59. The zero-order valence-corrected chi connectivity index (χ0v) is 11.0. The van der Waals surface area contributed by atoms with Gasteiger partial charge in [0.2, 0.25) is 0 Å². The molecule has 0 saturated heterocycles. The molecule has 0 aliphatic heterocycles. The van der Waals surface area contributed by atoms with Crippen molar-refractivity contribution in [2.45, 2.75) is 6.92 Å². The average molecular weight is 266 g/mol. The van der Waals surface area contributed by atoms with Crippen LogP contribution in [0, 0.1) is 6.92 Å². The maximum Gasteiger partial charge on any atom is 0.344 e. The van der Waals surface area contributed by atoms with E-state index in [-0.39, 0.29) is 5.63 Å². The second-order valence-corrected chi connectivity index (χ2v) is 4.66. The average Bonchev–Trinajstić information content (AvgIpc) is 2.47. The summed E-state index contributed by atoms with van der Waals surface area (Å²) in [5, 5.41) is 0.875. The quantitative estimate of drug-likeness (QED) is 0.425. The molecule has 100 valence electrons. The third kappa shape index (κ3) is 2.06. The number of nitrogens with two attached hydrogens (primary N) is 1. The summed E-state index contributed by atoms with van der Waals surface area (Å²) >= 11 is 0. The summed E-state index contributed by atoms with van der Waals surface area (Å²) in [4.78, 5) is 12.1. The van der Waals surface area contributed by atoms with Gasteiger partial charge in [-0.3, -0.25) is 5.84 Å². The maximum absolute atomic E-state index is 12.1. The first-order valence-corrected chi connectivity index (χ1v) is 6.29. The smallest absolute Gasteiger partial charge is 0.344 e. The molecule has 4 heteroatoms. The second kappa shape index (κ2) is 4.83. The molecule has 0 fully saturated rings. The van der Waals surface area contributed by atoms with Crippen molar-refractivity contribution < 1.29 is 4.42 Å². The normalized spacial score (nSPS) is 10.7. The van der Waals surface area contributed by atoms with Crippen LogP contribution in [0.15, 0.2) is 57.7 Å². The number of rotatable bonds is 2. The number of hydrogen-bond acceptors (Lipinski definition) is 4. The summed E-state index contributed by atoms with van der Waals surface area (Å²) in [6.45, 7) is 1.95. The molecule has 0 saturated carbocycles. The van der Waals surface area contributed by atoms with Crippen LogP contribution >= 0.6 is 0 Å². The highest BCUT2D eigenvalue weighted by molar-refractivity contribution is 5.85. The van der Waals surface area contributed by atoms with Gasteiger partial charge in [0.15, 0.2) is 0 Å². The van der Waals surface area contributed by atoms with Gasteiger partial charge in [0.1, 0.15) is 5.58 Å². The second-order valence-electron chi connectivity index (χ2n) is 4.66. The van der Waals surface area contributed by atoms with Gasteiger partial charge in [-0.15, -0.1) is 0 Å². The summed E-state index contributed by atoms with van der Waals surface area (Å²) in [5.41, 5.74) is 5.91. The van der Waals surface area contributed by atoms with E-state index in [2.05, 4.69) is 5.43 Å². The summed E-state index contributed by atoms with van der Waals surface area (Å²) in [7, 11) is 0. The van der Waals surface area contributed by atoms with Gasteiger partial charge in [0.25, 0.3) is 0 Å². The van der Waals surface area contributed by atoms with E-state index in [0.29, 0.717) is 11.1 Å². The Morgan fingerprint density at radius 1 is 1.10 bits per heavy atom. The van der Waals surface area contributed by atoms with E-state index in [1.807, 2.05) is 49.4 Å². The number of nitrogens with one attached hydrogen (secondary N) is 1. The van der Waals surface area contributed by atoms with Crippen LogP contribution in [0.25, 0.3) is 22.1 Å². The summed E-state index contributed by atoms with van der Waals surface area (Å²) in [6.07, 6.45) is 0. The number of hydrogen-bond donors (Lipinski definition) is 2. The predicted octanol–water partition coefficient (Wildman–Crippen LogP) is 3.05. The van der Waals surface area contributed by atoms with Gasteiger partial charge >= 0.3 is 5.63 Å². The highest BCUT2D eigenvalue weighted by Crippen LogP contribution is 2.25. The van der Waals surface area contributed by atoms with Crippen molar-refractivity contribution in [1.29, 1.82) is 0 Å². The van der Waals surface area contributed by atoms with Gasteiger partial charge in [-0.05, 0) is 30.2 Å². The molecule has 0 atom stereocenters. The molecule has 3 N–H and O–H groups in total. The molecule has 3 rings (SSSR count). The summed E-state index contributed by atoms with van der Waals surface area (Å²) in [5.74, 6) is 5.43. The Labute approximate surface area is 115 Å². The van der Waals surface area contributed by atoms with E-state index in [4.69, 9.17) is 10.3 Å². The maximum atomic E-state index is 12.1. The Kier molecular flexibility index (Phi) is 3.00. The van der Waals surface area contributed by atoms with Crippen LogP contribution in [-0.4, -0.2) is 0 Å². The highest BCUT2D eigenvalue weighted by Gasteiger charge is 2.09. The largest absolute Gasteiger partial charge is 0.422 e. The van der Waals surface area contributed by atoms with Crippen LogP contribution < -0.4 is 16.9 Å². The molecule has 1 aromatic heterocycles. The number of nitrogen functional groups attached to an aromatic ring is 1. The number of aryl methyl sites for hydroxylation is 1. The first-order chi connectivity index (χ1) is 9.69. The van der Waals surface area contributed by atoms with E-state index in [9.17, 15) is 4.79 Å². The fourth-order valence-corrected chi connectivity index (χ4v) is 2.26. The standard InChI is InChI=1S/C16H14N2O2/c1-10-7-12-8-13(11-5-3-2-4-6-11)16(19)20-15(12)9-14(10)18-17/h2-9,18H,17H2,1H3. The number of anilines is 1. The first-order valence-electron chi connectivity index (χ1n) is 6.29. The van der Waals surface area contributed by atoms with Crippen molar-refractivity contribution in [2.24, 2.45) is 5.84 Å². The topological polar surface area (TPSA) is 68.3 Å². The Morgan fingerprint density at radius 2 is 1.85 bits per heavy atom. The van der Waals surface area contributed by atoms with E-state index >= 15 is 0 Å². The van der Waals surface area contributed by atoms with Gasteiger partial charge in [-0.2, -0.15) is 0 Å². The molecule has 0 bridgehead atoms. The van der Waals surface area contributed by atoms with Gasteiger partial charge in [-0.25, -0.2) is 4.79 Å². The molecule has 0 aliphatic carbocycles. The van der Waals surface area contributed by atoms with Crippen molar-refractivity contribution in [3.8, 4) is 11.1 Å². The van der Waals surface area contributed by atoms with E-state index in [1.54, 1.807) is 6.07 Å². The summed E-state index contributed by atoms with van der Waals surface area (Å²) in [6, 6.07) is 15.0. The molecule has 0 radical (unpaired) electrons. The molecule has 20 heavy (non-hydrogen) atoms. The number of benzene rings is 2. The molecule has 0 unspecified atom stereocenters. The molecular weight excluding hydrogens is 252 g/mol. The van der Waals surface area contributed by atoms with Crippen LogP contribution in [0.3, 0.4) is 0 Å². The lowest BCUT2D eigenvalue weighted by Gasteiger charge is -2.07. The summed E-state index contributed by atoms with van der Waals surface area (Å²) < 4.78 is 5.39. The minimum atomic E-state index is -0.351. The lowest BCUT2D eigenvalue weighted by atomic mass is 10.0. The molecule has 3 aromatic rings. The SMILES string of the molecule is Cc1cc2cc(-c3ccccc3)c(=O)oc2cc1NN. The van der Waals surface area contributed by atoms with Crippen LogP contribution in [0.2, 0.25) is 0 Å². The van der Waals surface area contributed by atoms with Gasteiger partial charge < -0.3 is 9.84 Å². The van der Waals surface area contributed by atoms with Crippen molar-refractivity contribution >= 4 is 16.7 Å². The first kappa shape index (κ1) is 12.4. The zero-order chi connectivity index (χ0) is 14.1. The third-order valence-corrected chi connectivity index (χ3v) is 3.32. The van der Waals surface area contributed by atoms with Crippen molar-refractivity contribution in [3.05, 3.63) is 64.5 Å². The monoisotopic (exact) mass is 266 g/mol. The van der Waals surface area contributed by atoms with Gasteiger partial charge in [0, 0.05) is 11.5 Å². The molecule has 4 nitrogen and oxygen atoms in total. The van der Waals surface area contributed by atoms with Crippen molar-refractivity contribution in [3.63, 3.8) is 0 Å². The molecule has 0 aliphatic rings. The zero-order valence-electron chi connectivity index (χ0n) is 11.0. The van der Waals surface area contributed by atoms with Crippen molar-refractivity contribution in [2.75, 3.05) is 5.43 Å². The fourth-order valence-electron chi connectivity index (χ4n) is 2.26. The lowest BCUT2D eigenvalue weighted by molar-refractivity contribution is 0.563. The fraction of sp³-hybridized carbons (Fsp3) is 0.0625. The molecule has 1 heterocycles. The minimum absolute atomic E-state index is 0.351. The Bertz CT molecular complexity index is 823. The Balaban J connectivity index is 2.27. The van der Waals surface area contributed by atoms with Crippen LogP contribution in [-0.2, 0) is 0 Å². The van der Waals surface area contributed by atoms with E-state index < -0.39 is 0 Å². The molecule has 0 spiro atoms. The third-order valence-electron chi connectivity index (χ3n) is 3.32. The van der Waals surface area contributed by atoms with E-state index in [0.717, 1.165) is 22.2 Å². The lowest BCUT2D eigenvalue weighted by Crippen LogP contribution is -2.08. The molecule has 2 aromatic carbocycles. The number of fused-ring (bicyclic) bond motifs is 1. The van der Waals surface area contributed by atoms with Crippen LogP contribution in [0.5, 0.6) is 0 Å². The van der Waals surface area contributed by atoms with Crippen LogP contribution in [0.4, 0.5) is 5.69 Å². The minimum Gasteiger partial charge on any atom is -0.422 e. The molecular formula is C16H14N2O2. The van der Waals surface area contributed by atoms with Gasteiger partial charge in [0.05, 0.1) is 11.3 Å². The van der Waals surface area contributed by atoms with Gasteiger partial charge in [-0.1, -0.05) is 30.3 Å². The highest BCUT2D eigenvalue weighted by atomic mass is 16.4. The molecule has 0 amide bonds. The van der Waals surface area contributed by atoms with Crippen molar-refractivity contribution in [1.82, 2.24) is 0 Å². The Morgan fingerprint density at radius 3 is 2.55 bits per heavy atom.